The second kappa shape index (κ2) is 9.57. The zero-order valence-electron chi connectivity index (χ0n) is 12.9. The third-order valence-corrected chi connectivity index (χ3v) is 4.58. The average Bonchev–Trinajstić information content (AvgIpc) is 3.03. The van der Waals surface area contributed by atoms with E-state index in [9.17, 15) is 4.79 Å². The minimum Gasteiger partial charge on any atom is -0.303 e. The van der Waals surface area contributed by atoms with Crippen LogP contribution in [0, 0.1) is 5.92 Å². The number of rotatable bonds is 7. The number of allylic oxidation sites excluding steroid dienone is 2. The summed E-state index contributed by atoms with van der Waals surface area (Å²) in [5.41, 5.74) is 1.14. The van der Waals surface area contributed by atoms with Gasteiger partial charge in [0.1, 0.15) is 0 Å². The fraction of sp³-hybridized carbons (Fsp3) is 0.824. The van der Waals surface area contributed by atoms with E-state index in [1.807, 2.05) is 0 Å². The van der Waals surface area contributed by atoms with Crippen molar-refractivity contribution in [3.63, 3.8) is 0 Å². The van der Waals surface area contributed by atoms with Gasteiger partial charge in [-0.05, 0) is 57.2 Å². The van der Waals surface area contributed by atoms with E-state index in [2.05, 4.69) is 17.9 Å². The van der Waals surface area contributed by atoms with E-state index in [-0.39, 0.29) is 12.4 Å². The molecule has 1 aliphatic carbocycles. The molecule has 2 aliphatic rings. The molecule has 1 heterocycles. The Bertz CT molecular complexity index is 321. The van der Waals surface area contributed by atoms with E-state index in [4.69, 9.17) is 0 Å². The minimum absolute atomic E-state index is 0. The minimum atomic E-state index is 0. The first-order chi connectivity index (χ1) is 9.31. The van der Waals surface area contributed by atoms with Crippen molar-refractivity contribution in [3.05, 3.63) is 11.6 Å². The number of hydrogen-bond donors (Lipinski definition) is 0. The van der Waals surface area contributed by atoms with Crippen LogP contribution in [0.4, 0.5) is 0 Å². The number of carbonyl (C=O) groups excluding carboxylic acids is 1. The molecule has 2 fully saturated rings. The van der Waals surface area contributed by atoms with Crippen LogP contribution in [0.5, 0.6) is 0 Å². The van der Waals surface area contributed by atoms with E-state index in [1.54, 1.807) is 0 Å². The summed E-state index contributed by atoms with van der Waals surface area (Å²) in [6.07, 6.45) is 13.3. The molecule has 1 saturated heterocycles. The third kappa shape index (κ3) is 5.21. The summed E-state index contributed by atoms with van der Waals surface area (Å²) >= 11 is 0. The highest BCUT2D eigenvalue weighted by atomic mass is 35.5. The number of halogens is 1. The van der Waals surface area contributed by atoms with E-state index in [0.717, 1.165) is 31.4 Å². The fourth-order valence-corrected chi connectivity index (χ4v) is 3.35. The molecule has 3 heteroatoms. The van der Waals surface area contributed by atoms with Crippen LogP contribution in [0.15, 0.2) is 11.6 Å². The smallest absolute Gasteiger partial charge is 0.162 e. The lowest BCUT2D eigenvalue weighted by atomic mass is 10.0. The van der Waals surface area contributed by atoms with E-state index < -0.39 is 0 Å². The van der Waals surface area contributed by atoms with Crippen molar-refractivity contribution >= 4 is 18.2 Å². The molecular weight excluding hydrogens is 270 g/mol. The van der Waals surface area contributed by atoms with Gasteiger partial charge in [0.2, 0.25) is 0 Å². The molecule has 0 amide bonds. The number of Topliss-reactive ketones (excluding diaryl/α,β-unsaturated/α-hetero) is 1. The van der Waals surface area contributed by atoms with Crippen molar-refractivity contribution < 1.29 is 4.79 Å². The molecular formula is C17H30ClNO. The van der Waals surface area contributed by atoms with Gasteiger partial charge in [0.15, 0.2) is 5.78 Å². The van der Waals surface area contributed by atoms with E-state index in [1.165, 1.54) is 51.6 Å². The predicted molar refractivity (Wildman–Crippen MR) is 87.5 cm³/mol. The van der Waals surface area contributed by atoms with Crippen LogP contribution in [0.1, 0.15) is 64.7 Å². The molecule has 0 spiro atoms. The molecule has 116 valence electrons. The van der Waals surface area contributed by atoms with Crippen LogP contribution in [0.2, 0.25) is 0 Å². The van der Waals surface area contributed by atoms with Crippen LogP contribution in [0.3, 0.4) is 0 Å². The Kier molecular flexibility index (Phi) is 8.47. The molecule has 0 aromatic rings. The SMILES string of the molecule is CCCCCCC=C1CCC(CN2CCCC2)C1=O.Cl. The zero-order valence-corrected chi connectivity index (χ0v) is 13.7. The van der Waals surface area contributed by atoms with Crippen LogP contribution < -0.4 is 0 Å². The first-order valence-corrected chi connectivity index (χ1v) is 8.27. The Balaban J connectivity index is 0.00000200. The predicted octanol–water partition coefficient (Wildman–Crippen LogP) is 4.38. The summed E-state index contributed by atoms with van der Waals surface area (Å²) in [5, 5.41) is 0. The molecule has 0 bridgehead atoms. The Hall–Kier alpha value is -0.340. The maximum atomic E-state index is 12.3. The van der Waals surface area contributed by atoms with Gasteiger partial charge >= 0.3 is 0 Å². The Morgan fingerprint density at radius 2 is 1.95 bits per heavy atom. The lowest BCUT2D eigenvalue weighted by molar-refractivity contribution is -0.118. The van der Waals surface area contributed by atoms with Gasteiger partial charge in [-0.25, -0.2) is 0 Å². The van der Waals surface area contributed by atoms with Crippen molar-refractivity contribution in [2.24, 2.45) is 5.92 Å². The molecule has 0 radical (unpaired) electrons. The van der Waals surface area contributed by atoms with Crippen LogP contribution in [0.25, 0.3) is 0 Å². The standard InChI is InChI=1S/C17H29NO.ClH/c1-2-3-4-5-6-9-15-10-11-16(17(15)19)14-18-12-7-8-13-18;/h9,16H,2-8,10-14H2,1H3;1H. The van der Waals surface area contributed by atoms with Gasteiger partial charge in [-0.3, -0.25) is 4.79 Å². The van der Waals surface area contributed by atoms with Crippen LogP contribution in [-0.2, 0) is 4.79 Å². The van der Waals surface area contributed by atoms with Crippen LogP contribution >= 0.6 is 12.4 Å². The molecule has 0 N–H and O–H groups in total. The first kappa shape index (κ1) is 17.7. The second-order valence-corrected chi connectivity index (χ2v) is 6.19. The Labute approximate surface area is 130 Å². The zero-order chi connectivity index (χ0) is 13.5. The third-order valence-electron chi connectivity index (χ3n) is 4.58. The molecule has 1 unspecified atom stereocenters. The van der Waals surface area contributed by atoms with Crippen molar-refractivity contribution in [2.75, 3.05) is 19.6 Å². The van der Waals surface area contributed by atoms with Gasteiger partial charge in [0, 0.05) is 12.5 Å². The lowest BCUT2D eigenvalue weighted by Gasteiger charge is -2.18. The number of nitrogens with zero attached hydrogens (tertiary/aromatic N) is 1. The van der Waals surface area contributed by atoms with Crippen molar-refractivity contribution in [3.8, 4) is 0 Å². The highest BCUT2D eigenvalue weighted by Gasteiger charge is 2.30. The van der Waals surface area contributed by atoms with Crippen molar-refractivity contribution in [1.29, 1.82) is 0 Å². The summed E-state index contributed by atoms with van der Waals surface area (Å²) < 4.78 is 0. The summed E-state index contributed by atoms with van der Waals surface area (Å²) in [4.78, 5) is 14.8. The van der Waals surface area contributed by atoms with Gasteiger partial charge < -0.3 is 4.90 Å². The largest absolute Gasteiger partial charge is 0.303 e. The van der Waals surface area contributed by atoms with Gasteiger partial charge in [0.05, 0.1) is 0 Å². The number of unbranched alkanes of at least 4 members (excludes halogenated alkanes) is 4. The average molecular weight is 300 g/mol. The molecule has 2 nitrogen and oxygen atoms in total. The van der Waals surface area contributed by atoms with Gasteiger partial charge in [-0.15, -0.1) is 12.4 Å². The molecule has 1 atom stereocenters. The van der Waals surface area contributed by atoms with Gasteiger partial charge in [-0.1, -0.05) is 32.3 Å². The second-order valence-electron chi connectivity index (χ2n) is 6.19. The first-order valence-electron chi connectivity index (χ1n) is 8.27. The number of likely N-dealkylation sites (tertiary alicyclic amines) is 1. The van der Waals surface area contributed by atoms with E-state index in [0.29, 0.717) is 11.7 Å². The normalized spacial score (nSPS) is 25.4. The molecule has 2 rings (SSSR count). The number of hydrogen-bond acceptors (Lipinski definition) is 2. The molecule has 1 saturated carbocycles. The van der Waals surface area contributed by atoms with E-state index >= 15 is 0 Å². The molecule has 0 aromatic heterocycles. The fourth-order valence-electron chi connectivity index (χ4n) is 3.35. The quantitative estimate of drug-likeness (QED) is 0.513. The Morgan fingerprint density at radius 3 is 2.65 bits per heavy atom. The topological polar surface area (TPSA) is 20.3 Å². The summed E-state index contributed by atoms with van der Waals surface area (Å²) in [7, 11) is 0. The number of carbonyl (C=O) groups is 1. The highest BCUT2D eigenvalue weighted by molar-refractivity contribution is 5.99. The monoisotopic (exact) mass is 299 g/mol. The maximum absolute atomic E-state index is 12.3. The number of ketones is 1. The summed E-state index contributed by atoms with van der Waals surface area (Å²) in [6, 6.07) is 0. The highest BCUT2D eigenvalue weighted by Crippen LogP contribution is 2.29. The van der Waals surface area contributed by atoms with Gasteiger partial charge in [-0.2, -0.15) is 0 Å². The molecule has 1 aliphatic heterocycles. The molecule has 20 heavy (non-hydrogen) atoms. The maximum Gasteiger partial charge on any atom is 0.162 e. The van der Waals surface area contributed by atoms with Crippen molar-refractivity contribution in [2.45, 2.75) is 64.7 Å². The van der Waals surface area contributed by atoms with Crippen molar-refractivity contribution in [1.82, 2.24) is 4.90 Å². The van der Waals surface area contributed by atoms with Crippen LogP contribution in [-0.4, -0.2) is 30.3 Å². The summed E-state index contributed by atoms with van der Waals surface area (Å²) in [6.45, 7) is 5.67. The van der Waals surface area contributed by atoms with Gasteiger partial charge in [0.25, 0.3) is 0 Å². The lowest BCUT2D eigenvalue weighted by Crippen LogP contribution is -2.28. The molecule has 0 aromatic carbocycles. The summed E-state index contributed by atoms with van der Waals surface area (Å²) in [5.74, 6) is 0.766. The Morgan fingerprint density at radius 1 is 1.20 bits per heavy atom.